The SMILES string of the molecule is Cc1ccc(C)c(N2C[C@@H](C(=O)NNC(=O)c3ccccc3)CC2=O)c1. The summed E-state index contributed by atoms with van der Waals surface area (Å²) < 4.78 is 0. The summed E-state index contributed by atoms with van der Waals surface area (Å²) in [6.45, 7) is 4.21. The van der Waals surface area contributed by atoms with Crippen molar-refractivity contribution in [1.29, 1.82) is 0 Å². The van der Waals surface area contributed by atoms with E-state index in [1.54, 1.807) is 35.2 Å². The van der Waals surface area contributed by atoms with Gasteiger partial charge in [0.25, 0.3) is 5.91 Å². The molecule has 1 atom stereocenters. The van der Waals surface area contributed by atoms with Gasteiger partial charge in [-0.2, -0.15) is 0 Å². The second-order valence-corrected chi connectivity index (χ2v) is 6.50. The molecule has 3 rings (SSSR count). The quantitative estimate of drug-likeness (QED) is 0.832. The van der Waals surface area contributed by atoms with Crippen LogP contribution in [0, 0.1) is 19.8 Å². The predicted octanol–water partition coefficient (Wildman–Crippen LogP) is 2.12. The average Bonchev–Trinajstić information content (AvgIpc) is 3.03. The number of rotatable bonds is 3. The van der Waals surface area contributed by atoms with Crippen LogP contribution < -0.4 is 15.8 Å². The van der Waals surface area contributed by atoms with Crippen LogP contribution in [-0.4, -0.2) is 24.3 Å². The molecule has 0 spiro atoms. The minimum absolute atomic E-state index is 0.0896. The van der Waals surface area contributed by atoms with Crippen LogP contribution in [0.3, 0.4) is 0 Å². The van der Waals surface area contributed by atoms with Crippen LogP contribution in [0.4, 0.5) is 5.69 Å². The van der Waals surface area contributed by atoms with Crippen LogP contribution in [0.5, 0.6) is 0 Å². The number of hydrogen-bond donors (Lipinski definition) is 2. The third-order valence-corrected chi connectivity index (χ3v) is 4.49. The molecular weight excluding hydrogens is 330 g/mol. The van der Waals surface area contributed by atoms with Gasteiger partial charge >= 0.3 is 0 Å². The first-order valence-electron chi connectivity index (χ1n) is 8.48. The number of aryl methyl sites for hydroxylation is 2. The summed E-state index contributed by atoms with van der Waals surface area (Å²) in [5.41, 5.74) is 8.15. The van der Waals surface area contributed by atoms with Gasteiger partial charge in [-0.25, -0.2) is 0 Å². The number of carbonyl (C=O) groups excluding carboxylic acids is 3. The van der Waals surface area contributed by atoms with Crippen LogP contribution in [0.2, 0.25) is 0 Å². The number of anilines is 1. The van der Waals surface area contributed by atoms with Gasteiger partial charge in [0.05, 0.1) is 5.92 Å². The van der Waals surface area contributed by atoms with Crippen LogP contribution >= 0.6 is 0 Å². The molecule has 1 saturated heterocycles. The summed E-state index contributed by atoms with van der Waals surface area (Å²) in [5.74, 6) is -1.35. The van der Waals surface area contributed by atoms with Gasteiger partial charge in [-0.3, -0.25) is 25.2 Å². The molecule has 0 bridgehead atoms. The topological polar surface area (TPSA) is 78.5 Å². The Balaban J connectivity index is 1.62. The fraction of sp³-hybridized carbons (Fsp3) is 0.250. The summed E-state index contributed by atoms with van der Waals surface area (Å²) in [4.78, 5) is 38.4. The standard InChI is InChI=1S/C20H21N3O3/c1-13-8-9-14(2)17(10-13)23-12-16(11-18(23)24)20(26)22-21-19(25)15-6-4-3-5-7-15/h3-10,16H,11-12H2,1-2H3,(H,21,25)(H,22,26)/t16-/m0/s1. The second-order valence-electron chi connectivity index (χ2n) is 6.50. The number of hydrazine groups is 1. The van der Waals surface area contributed by atoms with Crippen molar-refractivity contribution < 1.29 is 14.4 Å². The van der Waals surface area contributed by atoms with E-state index in [1.807, 2.05) is 32.0 Å². The summed E-state index contributed by atoms with van der Waals surface area (Å²) in [6.07, 6.45) is 0.125. The molecule has 2 aromatic carbocycles. The van der Waals surface area contributed by atoms with E-state index in [0.29, 0.717) is 12.1 Å². The Morgan fingerprint density at radius 2 is 1.77 bits per heavy atom. The fourth-order valence-electron chi connectivity index (χ4n) is 3.01. The van der Waals surface area contributed by atoms with E-state index in [-0.39, 0.29) is 18.2 Å². The Morgan fingerprint density at radius 1 is 1.04 bits per heavy atom. The molecule has 1 aliphatic heterocycles. The van der Waals surface area contributed by atoms with Gasteiger partial charge in [-0.05, 0) is 43.2 Å². The molecule has 0 radical (unpaired) electrons. The molecule has 0 aliphatic carbocycles. The molecule has 6 heteroatoms. The Kier molecular flexibility index (Phi) is 5.02. The number of nitrogens with one attached hydrogen (secondary N) is 2. The molecule has 0 aromatic heterocycles. The van der Waals surface area contributed by atoms with E-state index in [0.717, 1.165) is 16.8 Å². The molecule has 0 unspecified atom stereocenters. The van der Waals surface area contributed by atoms with Crippen molar-refractivity contribution in [2.45, 2.75) is 20.3 Å². The zero-order valence-electron chi connectivity index (χ0n) is 14.8. The number of carbonyl (C=O) groups is 3. The van der Waals surface area contributed by atoms with E-state index in [1.165, 1.54) is 0 Å². The molecule has 2 N–H and O–H groups in total. The lowest BCUT2D eigenvalue weighted by atomic mass is 10.1. The van der Waals surface area contributed by atoms with Gasteiger partial charge < -0.3 is 4.90 Å². The highest BCUT2D eigenvalue weighted by atomic mass is 16.2. The van der Waals surface area contributed by atoms with Gasteiger partial charge in [-0.1, -0.05) is 30.3 Å². The van der Waals surface area contributed by atoms with Gasteiger partial charge in [0.2, 0.25) is 11.8 Å². The molecule has 0 saturated carbocycles. The number of benzene rings is 2. The number of nitrogens with zero attached hydrogens (tertiary/aromatic N) is 1. The van der Waals surface area contributed by atoms with Crippen molar-refractivity contribution in [2.75, 3.05) is 11.4 Å². The zero-order chi connectivity index (χ0) is 18.7. The largest absolute Gasteiger partial charge is 0.311 e. The fourth-order valence-corrected chi connectivity index (χ4v) is 3.01. The van der Waals surface area contributed by atoms with Crippen molar-refractivity contribution >= 4 is 23.4 Å². The van der Waals surface area contributed by atoms with E-state index in [2.05, 4.69) is 10.9 Å². The maximum absolute atomic E-state index is 12.4. The Labute approximate surface area is 152 Å². The van der Waals surface area contributed by atoms with Gasteiger partial charge in [0, 0.05) is 24.2 Å². The highest BCUT2D eigenvalue weighted by Crippen LogP contribution is 2.28. The lowest BCUT2D eigenvalue weighted by molar-refractivity contribution is -0.126. The lowest BCUT2D eigenvalue weighted by Gasteiger charge is -2.19. The highest BCUT2D eigenvalue weighted by Gasteiger charge is 2.35. The number of amides is 3. The first-order valence-corrected chi connectivity index (χ1v) is 8.48. The van der Waals surface area contributed by atoms with Crippen molar-refractivity contribution in [3.05, 3.63) is 65.2 Å². The van der Waals surface area contributed by atoms with Crippen molar-refractivity contribution in [3.8, 4) is 0 Å². The van der Waals surface area contributed by atoms with Crippen molar-refractivity contribution in [2.24, 2.45) is 5.92 Å². The zero-order valence-corrected chi connectivity index (χ0v) is 14.8. The maximum atomic E-state index is 12.4. The molecule has 1 fully saturated rings. The maximum Gasteiger partial charge on any atom is 0.269 e. The van der Waals surface area contributed by atoms with Crippen LogP contribution in [-0.2, 0) is 9.59 Å². The smallest absolute Gasteiger partial charge is 0.269 e. The monoisotopic (exact) mass is 351 g/mol. The van der Waals surface area contributed by atoms with Gasteiger partial charge in [0.1, 0.15) is 0 Å². The molecule has 26 heavy (non-hydrogen) atoms. The molecule has 1 aliphatic rings. The minimum atomic E-state index is -0.501. The van der Waals surface area contributed by atoms with Crippen LogP contribution in [0.15, 0.2) is 48.5 Å². The first-order chi connectivity index (χ1) is 12.5. The Bertz CT molecular complexity index is 849. The Morgan fingerprint density at radius 3 is 2.50 bits per heavy atom. The average molecular weight is 351 g/mol. The van der Waals surface area contributed by atoms with E-state index < -0.39 is 11.8 Å². The van der Waals surface area contributed by atoms with E-state index >= 15 is 0 Å². The normalized spacial score (nSPS) is 16.5. The predicted molar refractivity (Wildman–Crippen MR) is 98.4 cm³/mol. The Hall–Kier alpha value is -3.15. The molecular formula is C20H21N3O3. The van der Waals surface area contributed by atoms with Crippen molar-refractivity contribution in [3.63, 3.8) is 0 Å². The van der Waals surface area contributed by atoms with Gasteiger partial charge in [-0.15, -0.1) is 0 Å². The van der Waals surface area contributed by atoms with Crippen molar-refractivity contribution in [1.82, 2.24) is 10.9 Å². The molecule has 134 valence electrons. The van der Waals surface area contributed by atoms with E-state index in [9.17, 15) is 14.4 Å². The van der Waals surface area contributed by atoms with Crippen LogP contribution in [0.25, 0.3) is 0 Å². The lowest BCUT2D eigenvalue weighted by Crippen LogP contribution is -2.45. The summed E-state index contributed by atoms with van der Waals surface area (Å²) in [6, 6.07) is 14.5. The third kappa shape index (κ3) is 3.74. The highest BCUT2D eigenvalue weighted by molar-refractivity contribution is 6.01. The van der Waals surface area contributed by atoms with Gasteiger partial charge in [0.15, 0.2) is 0 Å². The third-order valence-electron chi connectivity index (χ3n) is 4.49. The van der Waals surface area contributed by atoms with E-state index in [4.69, 9.17) is 0 Å². The minimum Gasteiger partial charge on any atom is -0.311 e. The summed E-state index contributed by atoms with van der Waals surface area (Å²) in [7, 11) is 0. The summed E-state index contributed by atoms with van der Waals surface area (Å²) in [5, 5.41) is 0. The molecule has 3 amide bonds. The first kappa shape index (κ1) is 17.7. The van der Waals surface area contributed by atoms with Crippen LogP contribution in [0.1, 0.15) is 27.9 Å². The molecule has 6 nitrogen and oxygen atoms in total. The molecule has 1 heterocycles. The second kappa shape index (κ2) is 7.39. The molecule has 2 aromatic rings. The summed E-state index contributed by atoms with van der Waals surface area (Å²) >= 11 is 0. The number of hydrogen-bond acceptors (Lipinski definition) is 3.